The second-order valence-corrected chi connectivity index (χ2v) is 6.54. The quantitative estimate of drug-likeness (QED) is 0.836. The number of carboxylic acids is 1. The van der Waals surface area contributed by atoms with Crippen molar-refractivity contribution in [3.05, 3.63) is 46.5 Å². The summed E-state index contributed by atoms with van der Waals surface area (Å²) in [7, 11) is 0. The van der Waals surface area contributed by atoms with Gasteiger partial charge in [0.05, 0.1) is 12.1 Å². The van der Waals surface area contributed by atoms with Gasteiger partial charge < -0.3 is 10.0 Å². The first kappa shape index (κ1) is 16.5. The van der Waals surface area contributed by atoms with E-state index in [2.05, 4.69) is 48.2 Å². The van der Waals surface area contributed by atoms with E-state index in [0.29, 0.717) is 19.0 Å². The topological polar surface area (TPSA) is 53.4 Å². The standard InChI is InChI=1S/C17H22N2O2S/c1-12(2)15-11-22-17(18-15)19(9-8-16(20)21)10-14-7-5-4-6-13(14)3/h4-7,11-12H,8-10H2,1-3H3,(H,20,21). The summed E-state index contributed by atoms with van der Waals surface area (Å²) in [5.74, 6) is -0.403. The summed E-state index contributed by atoms with van der Waals surface area (Å²) in [6, 6.07) is 8.19. The van der Waals surface area contributed by atoms with Crippen LogP contribution >= 0.6 is 11.3 Å². The molecule has 1 aromatic heterocycles. The molecule has 0 spiro atoms. The van der Waals surface area contributed by atoms with E-state index in [4.69, 9.17) is 5.11 Å². The smallest absolute Gasteiger partial charge is 0.305 e. The number of benzene rings is 1. The molecule has 0 amide bonds. The van der Waals surface area contributed by atoms with Crippen molar-refractivity contribution >= 4 is 22.4 Å². The Bertz CT molecular complexity index is 637. The fourth-order valence-corrected chi connectivity index (χ4v) is 3.17. The molecular formula is C17H22N2O2S. The summed E-state index contributed by atoms with van der Waals surface area (Å²) in [5, 5.41) is 11.9. The number of hydrogen-bond donors (Lipinski definition) is 1. The Balaban J connectivity index is 2.21. The van der Waals surface area contributed by atoms with Crippen LogP contribution in [0.15, 0.2) is 29.6 Å². The molecule has 22 heavy (non-hydrogen) atoms. The van der Waals surface area contributed by atoms with Crippen LogP contribution in [0.1, 0.15) is 43.0 Å². The second kappa shape index (κ2) is 7.40. The number of aliphatic carboxylic acids is 1. The lowest BCUT2D eigenvalue weighted by Crippen LogP contribution is -2.26. The van der Waals surface area contributed by atoms with Crippen LogP contribution in [0.3, 0.4) is 0 Å². The van der Waals surface area contributed by atoms with Crippen molar-refractivity contribution < 1.29 is 9.90 Å². The molecule has 2 rings (SSSR count). The molecule has 0 saturated heterocycles. The molecule has 5 heteroatoms. The largest absolute Gasteiger partial charge is 0.481 e. The zero-order chi connectivity index (χ0) is 16.1. The van der Waals surface area contributed by atoms with E-state index in [1.54, 1.807) is 11.3 Å². The highest BCUT2D eigenvalue weighted by Gasteiger charge is 2.15. The average Bonchev–Trinajstić information content (AvgIpc) is 2.95. The Labute approximate surface area is 135 Å². The monoisotopic (exact) mass is 318 g/mol. The number of hydrogen-bond acceptors (Lipinski definition) is 4. The van der Waals surface area contributed by atoms with Gasteiger partial charge in [-0.25, -0.2) is 4.98 Å². The maximum atomic E-state index is 10.9. The molecule has 0 atom stereocenters. The van der Waals surface area contributed by atoms with Gasteiger partial charge in [0, 0.05) is 18.5 Å². The van der Waals surface area contributed by atoms with Gasteiger partial charge in [0.25, 0.3) is 0 Å². The van der Waals surface area contributed by atoms with Crippen molar-refractivity contribution in [3.63, 3.8) is 0 Å². The number of aromatic nitrogens is 1. The number of anilines is 1. The van der Waals surface area contributed by atoms with Crippen LogP contribution < -0.4 is 4.90 Å². The Morgan fingerprint density at radius 3 is 2.68 bits per heavy atom. The predicted octanol–water partition coefficient (Wildman–Crippen LogP) is 4.06. The maximum absolute atomic E-state index is 10.9. The van der Waals surface area contributed by atoms with Crippen molar-refractivity contribution in [1.29, 1.82) is 0 Å². The molecule has 4 nitrogen and oxygen atoms in total. The number of nitrogens with zero attached hydrogens (tertiary/aromatic N) is 2. The van der Waals surface area contributed by atoms with Gasteiger partial charge >= 0.3 is 5.97 Å². The van der Waals surface area contributed by atoms with Crippen LogP contribution in [-0.4, -0.2) is 22.6 Å². The Morgan fingerprint density at radius 2 is 2.09 bits per heavy atom. The van der Waals surface area contributed by atoms with Gasteiger partial charge in [0.15, 0.2) is 5.13 Å². The van der Waals surface area contributed by atoms with Crippen molar-refractivity contribution in [1.82, 2.24) is 4.98 Å². The first-order chi connectivity index (χ1) is 10.5. The van der Waals surface area contributed by atoms with Gasteiger partial charge in [0.2, 0.25) is 0 Å². The van der Waals surface area contributed by atoms with Crippen molar-refractivity contribution in [2.24, 2.45) is 0 Å². The molecule has 0 saturated carbocycles. The third-order valence-corrected chi connectivity index (χ3v) is 4.51. The fraction of sp³-hybridized carbons (Fsp3) is 0.412. The third kappa shape index (κ3) is 4.31. The zero-order valence-electron chi connectivity index (χ0n) is 13.2. The molecule has 0 bridgehead atoms. The number of rotatable bonds is 7. The van der Waals surface area contributed by atoms with Crippen LogP contribution in [0.5, 0.6) is 0 Å². The van der Waals surface area contributed by atoms with E-state index >= 15 is 0 Å². The molecule has 0 aliphatic carbocycles. The van der Waals surface area contributed by atoms with Crippen molar-refractivity contribution in [3.8, 4) is 0 Å². The molecule has 2 aromatic rings. The van der Waals surface area contributed by atoms with Gasteiger partial charge in [0.1, 0.15) is 0 Å². The minimum atomic E-state index is -0.782. The van der Waals surface area contributed by atoms with Gasteiger partial charge in [-0.1, -0.05) is 38.1 Å². The van der Waals surface area contributed by atoms with Gasteiger partial charge in [-0.05, 0) is 24.0 Å². The Morgan fingerprint density at radius 1 is 1.36 bits per heavy atom. The summed E-state index contributed by atoms with van der Waals surface area (Å²) in [6.07, 6.45) is 0.114. The van der Waals surface area contributed by atoms with E-state index in [1.807, 2.05) is 12.1 Å². The predicted molar refractivity (Wildman–Crippen MR) is 90.7 cm³/mol. The van der Waals surface area contributed by atoms with E-state index in [9.17, 15) is 4.79 Å². The van der Waals surface area contributed by atoms with Gasteiger partial charge in [-0.3, -0.25) is 4.79 Å². The molecule has 0 radical (unpaired) electrons. The van der Waals surface area contributed by atoms with E-state index in [-0.39, 0.29) is 6.42 Å². The van der Waals surface area contributed by atoms with Crippen LogP contribution in [0, 0.1) is 6.92 Å². The first-order valence-electron chi connectivity index (χ1n) is 7.44. The SMILES string of the molecule is Cc1ccccc1CN(CCC(=O)O)c1nc(C(C)C)cs1. The lowest BCUT2D eigenvalue weighted by atomic mass is 10.1. The lowest BCUT2D eigenvalue weighted by molar-refractivity contribution is -0.136. The highest BCUT2D eigenvalue weighted by molar-refractivity contribution is 7.13. The highest BCUT2D eigenvalue weighted by Crippen LogP contribution is 2.26. The van der Waals surface area contributed by atoms with Crippen molar-refractivity contribution in [2.45, 2.75) is 39.7 Å². The summed E-state index contributed by atoms with van der Waals surface area (Å²) in [4.78, 5) is 17.7. The minimum Gasteiger partial charge on any atom is -0.481 e. The summed E-state index contributed by atoms with van der Waals surface area (Å²) in [6.45, 7) is 7.45. The van der Waals surface area contributed by atoms with Gasteiger partial charge in [-0.2, -0.15) is 0 Å². The molecule has 1 N–H and O–H groups in total. The molecule has 118 valence electrons. The fourth-order valence-electron chi connectivity index (χ4n) is 2.15. The number of carboxylic acid groups (broad SMARTS) is 1. The normalized spacial score (nSPS) is 10.9. The third-order valence-electron chi connectivity index (χ3n) is 3.59. The molecular weight excluding hydrogens is 296 g/mol. The maximum Gasteiger partial charge on any atom is 0.305 e. The molecule has 0 unspecified atom stereocenters. The Hall–Kier alpha value is -1.88. The second-order valence-electron chi connectivity index (χ2n) is 5.70. The van der Waals surface area contributed by atoms with Crippen LogP contribution in [-0.2, 0) is 11.3 Å². The highest BCUT2D eigenvalue weighted by atomic mass is 32.1. The van der Waals surface area contributed by atoms with E-state index < -0.39 is 5.97 Å². The van der Waals surface area contributed by atoms with Crippen LogP contribution in [0.25, 0.3) is 0 Å². The minimum absolute atomic E-state index is 0.114. The first-order valence-corrected chi connectivity index (χ1v) is 8.32. The van der Waals surface area contributed by atoms with E-state index in [0.717, 1.165) is 10.8 Å². The number of aryl methyl sites for hydroxylation is 1. The van der Waals surface area contributed by atoms with Crippen molar-refractivity contribution in [2.75, 3.05) is 11.4 Å². The lowest BCUT2D eigenvalue weighted by Gasteiger charge is -2.22. The zero-order valence-corrected chi connectivity index (χ0v) is 14.1. The van der Waals surface area contributed by atoms with Gasteiger partial charge in [-0.15, -0.1) is 11.3 Å². The number of carbonyl (C=O) groups is 1. The molecule has 0 aliphatic heterocycles. The Kier molecular flexibility index (Phi) is 5.55. The average molecular weight is 318 g/mol. The van der Waals surface area contributed by atoms with Crippen LogP contribution in [0.4, 0.5) is 5.13 Å². The summed E-state index contributed by atoms with van der Waals surface area (Å²) >= 11 is 1.58. The van der Waals surface area contributed by atoms with E-state index in [1.165, 1.54) is 11.1 Å². The van der Waals surface area contributed by atoms with Crippen LogP contribution in [0.2, 0.25) is 0 Å². The summed E-state index contributed by atoms with van der Waals surface area (Å²) in [5.41, 5.74) is 3.47. The molecule has 0 fully saturated rings. The molecule has 0 aliphatic rings. The number of thiazole rings is 1. The molecule has 1 heterocycles. The summed E-state index contributed by atoms with van der Waals surface area (Å²) < 4.78 is 0. The molecule has 1 aromatic carbocycles.